The van der Waals surface area contributed by atoms with Crippen molar-refractivity contribution in [2.24, 2.45) is 5.10 Å². The van der Waals surface area contributed by atoms with E-state index >= 15 is 0 Å². The first-order valence-electron chi connectivity index (χ1n) is 5.58. The smallest absolute Gasteiger partial charge is 0.269 e. The van der Waals surface area contributed by atoms with Crippen LogP contribution in [0.2, 0.25) is 0 Å². The number of nitrogens with one attached hydrogen (secondary N) is 1. The highest BCUT2D eigenvalue weighted by Gasteiger charge is 2.03. The van der Waals surface area contributed by atoms with Crippen molar-refractivity contribution in [1.82, 2.24) is 0 Å². The maximum Gasteiger partial charge on any atom is 0.269 e. The molecular formula is C13H10BrN3O3. The van der Waals surface area contributed by atoms with Crippen LogP contribution >= 0.6 is 15.9 Å². The summed E-state index contributed by atoms with van der Waals surface area (Å²) in [4.78, 5) is 10.0. The number of nitrogens with zero attached hydrogens (tertiary/aromatic N) is 2. The van der Waals surface area contributed by atoms with E-state index in [1.54, 1.807) is 30.3 Å². The molecule has 2 aromatic carbocycles. The summed E-state index contributed by atoms with van der Waals surface area (Å²) in [6, 6.07) is 10.9. The molecule has 0 aliphatic carbocycles. The first-order valence-corrected chi connectivity index (χ1v) is 6.37. The van der Waals surface area contributed by atoms with Gasteiger partial charge in [0.25, 0.3) is 5.69 Å². The molecule has 0 atom stereocenters. The minimum absolute atomic E-state index is 0.0177. The number of aromatic hydroxyl groups is 1. The monoisotopic (exact) mass is 335 g/mol. The summed E-state index contributed by atoms with van der Waals surface area (Å²) in [6.45, 7) is 0. The van der Waals surface area contributed by atoms with Gasteiger partial charge in [0.05, 0.1) is 16.8 Å². The highest BCUT2D eigenvalue weighted by Crippen LogP contribution is 2.20. The van der Waals surface area contributed by atoms with Gasteiger partial charge < -0.3 is 5.11 Å². The molecule has 2 N–H and O–H groups in total. The number of phenolic OH excluding ortho intramolecular Hbond substituents is 1. The Morgan fingerprint density at radius 3 is 2.60 bits per heavy atom. The maximum atomic E-state index is 10.5. The fraction of sp³-hybridized carbons (Fsp3) is 0. The Bertz CT molecular complexity index is 656. The highest BCUT2D eigenvalue weighted by molar-refractivity contribution is 9.10. The number of nitro benzene ring substituents is 1. The fourth-order valence-electron chi connectivity index (χ4n) is 1.46. The van der Waals surface area contributed by atoms with Crippen molar-refractivity contribution >= 4 is 33.5 Å². The van der Waals surface area contributed by atoms with E-state index in [1.807, 2.05) is 0 Å². The van der Waals surface area contributed by atoms with Crippen molar-refractivity contribution in [2.45, 2.75) is 0 Å². The molecule has 0 bridgehead atoms. The lowest BCUT2D eigenvalue weighted by Gasteiger charge is -2.01. The number of nitro groups is 1. The number of phenols is 1. The summed E-state index contributed by atoms with van der Waals surface area (Å²) in [7, 11) is 0. The minimum atomic E-state index is -0.466. The van der Waals surface area contributed by atoms with Gasteiger partial charge in [-0.2, -0.15) is 5.10 Å². The van der Waals surface area contributed by atoms with Crippen LogP contribution in [-0.2, 0) is 0 Å². The third-order valence-electron chi connectivity index (χ3n) is 2.46. The lowest BCUT2D eigenvalue weighted by atomic mass is 10.2. The highest BCUT2D eigenvalue weighted by atomic mass is 79.9. The molecule has 7 heteroatoms. The first-order chi connectivity index (χ1) is 9.56. The summed E-state index contributed by atoms with van der Waals surface area (Å²) >= 11 is 3.30. The molecule has 0 amide bonds. The van der Waals surface area contributed by atoms with Gasteiger partial charge in [0.15, 0.2) is 0 Å². The van der Waals surface area contributed by atoms with Crippen molar-refractivity contribution < 1.29 is 10.0 Å². The molecule has 0 fully saturated rings. The summed E-state index contributed by atoms with van der Waals surface area (Å²) < 4.78 is 0.826. The van der Waals surface area contributed by atoms with Gasteiger partial charge in [0.2, 0.25) is 0 Å². The second kappa shape index (κ2) is 6.16. The predicted octanol–water partition coefficient (Wildman–Crippen LogP) is 3.51. The largest absolute Gasteiger partial charge is 0.507 e. The van der Waals surface area contributed by atoms with E-state index in [2.05, 4.69) is 26.5 Å². The molecular weight excluding hydrogens is 326 g/mol. The van der Waals surface area contributed by atoms with Gasteiger partial charge in [0, 0.05) is 22.2 Å². The van der Waals surface area contributed by atoms with Gasteiger partial charge in [-0.3, -0.25) is 15.5 Å². The second-order valence-electron chi connectivity index (χ2n) is 3.88. The minimum Gasteiger partial charge on any atom is -0.507 e. The Balaban J connectivity index is 2.06. The molecule has 0 radical (unpaired) electrons. The van der Waals surface area contributed by atoms with Crippen LogP contribution < -0.4 is 5.43 Å². The van der Waals surface area contributed by atoms with E-state index in [0.717, 1.165) is 4.47 Å². The van der Waals surface area contributed by atoms with Crippen molar-refractivity contribution in [1.29, 1.82) is 0 Å². The Morgan fingerprint density at radius 1 is 1.25 bits per heavy atom. The molecule has 0 saturated carbocycles. The zero-order valence-corrected chi connectivity index (χ0v) is 11.7. The van der Waals surface area contributed by atoms with Crippen LogP contribution in [0.3, 0.4) is 0 Å². The summed E-state index contributed by atoms with van der Waals surface area (Å²) in [5.41, 5.74) is 3.91. The number of anilines is 1. The molecule has 102 valence electrons. The van der Waals surface area contributed by atoms with Crippen molar-refractivity contribution in [3.8, 4) is 5.75 Å². The van der Waals surface area contributed by atoms with E-state index < -0.39 is 4.92 Å². The van der Waals surface area contributed by atoms with Crippen LogP contribution in [0.15, 0.2) is 52.0 Å². The molecule has 0 aliphatic heterocycles. The number of halogens is 1. The molecule has 2 rings (SSSR count). The molecule has 0 saturated heterocycles. The van der Waals surface area contributed by atoms with Crippen molar-refractivity contribution in [2.75, 3.05) is 5.43 Å². The number of rotatable bonds is 4. The molecule has 0 aliphatic rings. The SMILES string of the molecule is O=[N+]([O-])c1ccc(N/N=C\c2cc(Br)ccc2O)cc1. The molecule has 0 aromatic heterocycles. The standard InChI is InChI=1S/C13H10BrN3O3/c14-10-1-6-13(18)9(7-10)8-15-16-11-2-4-12(5-3-11)17(19)20/h1-8,16,18H/b15-8-. The third-order valence-corrected chi connectivity index (χ3v) is 2.96. The Labute approximate surface area is 123 Å². The van der Waals surface area contributed by atoms with Crippen LogP contribution in [0.4, 0.5) is 11.4 Å². The summed E-state index contributed by atoms with van der Waals surface area (Å²) in [5.74, 6) is 0.113. The summed E-state index contributed by atoms with van der Waals surface area (Å²) in [5, 5.41) is 24.1. The maximum absolute atomic E-state index is 10.5. The second-order valence-corrected chi connectivity index (χ2v) is 4.79. The molecule has 6 nitrogen and oxygen atoms in total. The zero-order valence-electron chi connectivity index (χ0n) is 10.2. The van der Waals surface area contributed by atoms with Crippen molar-refractivity contribution in [3.05, 3.63) is 62.6 Å². The van der Waals surface area contributed by atoms with E-state index in [-0.39, 0.29) is 11.4 Å². The number of hydrogen-bond donors (Lipinski definition) is 2. The van der Waals surface area contributed by atoms with E-state index in [0.29, 0.717) is 11.3 Å². The lowest BCUT2D eigenvalue weighted by molar-refractivity contribution is -0.384. The van der Waals surface area contributed by atoms with Gasteiger partial charge in [0.1, 0.15) is 5.75 Å². The van der Waals surface area contributed by atoms with Crippen LogP contribution in [0.25, 0.3) is 0 Å². The van der Waals surface area contributed by atoms with Crippen LogP contribution in [0, 0.1) is 10.1 Å². The first kappa shape index (κ1) is 14.0. The third kappa shape index (κ3) is 3.55. The van der Waals surface area contributed by atoms with Gasteiger partial charge in [-0.1, -0.05) is 15.9 Å². The van der Waals surface area contributed by atoms with Crippen LogP contribution in [0.1, 0.15) is 5.56 Å². The average molecular weight is 336 g/mol. The number of hydrogen-bond acceptors (Lipinski definition) is 5. The van der Waals surface area contributed by atoms with Crippen LogP contribution in [-0.4, -0.2) is 16.2 Å². The topological polar surface area (TPSA) is 87.8 Å². The Morgan fingerprint density at radius 2 is 1.95 bits per heavy atom. The predicted molar refractivity (Wildman–Crippen MR) is 80.1 cm³/mol. The summed E-state index contributed by atoms with van der Waals surface area (Å²) in [6.07, 6.45) is 1.46. The number of benzene rings is 2. The van der Waals surface area contributed by atoms with Gasteiger partial charge >= 0.3 is 0 Å². The number of hydrazone groups is 1. The molecule has 0 spiro atoms. The quantitative estimate of drug-likeness (QED) is 0.508. The van der Waals surface area contributed by atoms with Crippen LogP contribution in [0.5, 0.6) is 5.75 Å². The molecule has 2 aromatic rings. The van der Waals surface area contributed by atoms with E-state index in [9.17, 15) is 15.2 Å². The van der Waals surface area contributed by atoms with Gasteiger partial charge in [-0.05, 0) is 30.3 Å². The van der Waals surface area contributed by atoms with E-state index in [4.69, 9.17) is 0 Å². The van der Waals surface area contributed by atoms with E-state index in [1.165, 1.54) is 18.3 Å². The van der Waals surface area contributed by atoms with Crippen molar-refractivity contribution in [3.63, 3.8) is 0 Å². The molecule has 20 heavy (non-hydrogen) atoms. The average Bonchev–Trinajstić information content (AvgIpc) is 2.43. The number of non-ortho nitro benzene ring substituents is 1. The zero-order chi connectivity index (χ0) is 14.5. The van der Waals surface area contributed by atoms with Gasteiger partial charge in [-0.15, -0.1) is 0 Å². The lowest BCUT2D eigenvalue weighted by Crippen LogP contribution is -1.92. The molecule has 0 heterocycles. The normalized spacial score (nSPS) is 10.7. The van der Waals surface area contributed by atoms with Gasteiger partial charge in [-0.25, -0.2) is 0 Å². The fourth-order valence-corrected chi connectivity index (χ4v) is 1.84. The Kier molecular flexibility index (Phi) is 4.31. The molecule has 0 unspecified atom stereocenters. The Hall–Kier alpha value is -2.41.